The Morgan fingerprint density at radius 1 is 1.21 bits per heavy atom. The van der Waals surface area contributed by atoms with E-state index in [1.54, 1.807) is 16.8 Å². The van der Waals surface area contributed by atoms with E-state index in [4.69, 9.17) is 0 Å². The van der Waals surface area contributed by atoms with Crippen molar-refractivity contribution in [2.75, 3.05) is 0 Å². The molecule has 0 radical (unpaired) electrons. The highest BCUT2D eigenvalue weighted by atomic mass is 79.9. The summed E-state index contributed by atoms with van der Waals surface area (Å²) >= 11 is 3.20. The molecule has 1 aliphatic carbocycles. The van der Waals surface area contributed by atoms with E-state index >= 15 is 0 Å². The molecule has 0 N–H and O–H groups in total. The van der Waals surface area contributed by atoms with Crippen LogP contribution in [0, 0.1) is 5.82 Å². The molecule has 2 aromatic rings. The van der Waals surface area contributed by atoms with E-state index in [0.29, 0.717) is 10.4 Å². The lowest BCUT2D eigenvalue weighted by Crippen LogP contribution is -2.12. The van der Waals surface area contributed by atoms with Gasteiger partial charge < -0.3 is 0 Å². The van der Waals surface area contributed by atoms with Crippen LogP contribution in [-0.2, 0) is 0 Å². The van der Waals surface area contributed by atoms with E-state index < -0.39 is 0 Å². The molecule has 1 aromatic heterocycles. The second-order valence-corrected chi connectivity index (χ2v) is 5.74. The molecular formula is C13H14BrFN4. The summed E-state index contributed by atoms with van der Waals surface area (Å²) in [6, 6.07) is 4.83. The van der Waals surface area contributed by atoms with Gasteiger partial charge in [0.1, 0.15) is 5.82 Å². The molecule has 1 aromatic carbocycles. The average Bonchev–Trinajstić information content (AvgIpc) is 2.92. The van der Waals surface area contributed by atoms with Crippen LogP contribution in [0.4, 0.5) is 4.39 Å². The van der Waals surface area contributed by atoms with Crippen molar-refractivity contribution >= 4 is 15.9 Å². The quantitative estimate of drug-likeness (QED) is 0.847. The van der Waals surface area contributed by atoms with Crippen LogP contribution < -0.4 is 0 Å². The Balaban J connectivity index is 1.96. The highest BCUT2D eigenvalue weighted by molar-refractivity contribution is 9.10. The maximum atomic E-state index is 13.3. The highest BCUT2D eigenvalue weighted by Gasteiger charge is 2.22. The largest absolute Gasteiger partial charge is 0.206 e. The first-order chi connectivity index (χ1) is 9.25. The molecule has 1 heterocycles. The summed E-state index contributed by atoms with van der Waals surface area (Å²) < 4.78 is 15.4. The summed E-state index contributed by atoms with van der Waals surface area (Å²) in [6.07, 6.45) is 6.00. The third kappa shape index (κ3) is 2.54. The van der Waals surface area contributed by atoms with E-state index in [1.807, 2.05) is 0 Å². The van der Waals surface area contributed by atoms with Gasteiger partial charge in [-0.3, -0.25) is 0 Å². The molecule has 1 fully saturated rings. The molecule has 3 rings (SSSR count). The fourth-order valence-corrected chi connectivity index (χ4v) is 2.98. The Kier molecular flexibility index (Phi) is 3.59. The minimum Gasteiger partial charge on any atom is -0.206 e. The third-order valence-corrected chi connectivity index (χ3v) is 4.22. The van der Waals surface area contributed by atoms with Crippen molar-refractivity contribution in [3.63, 3.8) is 0 Å². The van der Waals surface area contributed by atoms with E-state index in [2.05, 4.69) is 31.5 Å². The van der Waals surface area contributed by atoms with Crippen molar-refractivity contribution in [3.05, 3.63) is 34.3 Å². The molecule has 6 heteroatoms. The predicted octanol–water partition coefficient (Wildman–Crippen LogP) is 3.61. The predicted molar refractivity (Wildman–Crippen MR) is 72.6 cm³/mol. The fraction of sp³-hybridized carbons (Fsp3) is 0.462. The Hall–Kier alpha value is -1.30. The number of nitrogens with zero attached hydrogens (tertiary/aromatic N) is 4. The number of rotatable bonds is 2. The highest BCUT2D eigenvalue weighted by Crippen LogP contribution is 2.32. The fourth-order valence-electron chi connectivity index (χ4n) is 2.61. The molecule has 1 aliphatic rings. The lowest BCUT2D eigenvalue weighted by Gasteiger charge is -2.20. The van der Waals surface area contributed by atoms with Gasteiger partial charge in [-0.25, -0.2) is 4.39 Å². The zero-order valence-corrected chi connectivity index (χ0v) is 12.0. The summed E-state index contributed by atoms with van der Waals surface area (Å²) in [4.78, 5) is 0. The number of aromatic nitrogens is 4. The molecule has 100 valence electrons. The summed E-state index contributed by atoms with van der Waals surface area (Å²) in [5, 5.41) is 12.0. The first kappa shape index (κ1) is 12.7. The van der Waals surface area contributed by atoms with Crippen LogP contribution in [0.3, 0.4) is 0 Å². The standard InChI is InChI=1S/C13H14BrFN4/c14-11-8-10(6-7-12(11)15)19-13(16-17-18-19)9-4-2-1-3-5-9/h6-9H,1-5H2. The molecule has 19 heavy (non-hydrogen) atoms. The van der Waals surface area contributed by atoms with Crippen LogP contribution in [-0.4, -0.2) is 20.2 Å². The summed E-state index contributed by atoms with van der Waals surface area (Å²) in [7, 11) is 0. The Bertz CT molecular complexity index is 578. The van der Waals surface area contributed by atoms with Crippen molar-refractivity contribution in [1.82, 2.24) is 20.2 Å². The lowest BCUT2D eigenvalue weighted by atomic mass is 9.89. The minimum atomic E-state index is -0.281. The molecule has 1 saturated carbocycles. The molecule has 0 atom stereocenters. The first-order valence-electron chi connectivity index (χ1n) is 6.49. The average molecular weight is 325 g/mol. The van der Waals surface area contributed by atoms with Crippen LogP contribution in [0.2, 0.25) is 0 Å². The number of benzene rings is 1. The second-order valence-electron chi connectivity index (χ2n) is 4.88. The monoisotopic (exact) mass is 324 g/mol. The van der Waals surface area contributed by atoms with E-state index in [9.17, 15) is 4.39 Å². The topological polar surface area (TPSA) is 43.6 Å². The van der Waals surface area contributed by atoms with Crippen molar-refractivity contribution < 1.29 is 4.39 Å². The Morgan fingerprint density at radius 3 is 2.74 bits per heavy atom. The molecule has 0 aliphatic heterocycles. The molecule has 0 amide bonds. The van der Waals surface area contributed by atoms with Crippen LogP contribution in [0.1, 0.15) is 43.8 Å². The number of hydrogen-bond donors (Lipinski definition) is 0. The van der Waals surface area contributed by atoms with Crippen molar-refractivity contribution in [2.45, 2.75) is 38.0 Å². The third-order valence-electron chi connectivity index (χ3n) is 3.61. The van der Waals surface area contributed by atoms with Gasteiger partial charge in [0, 0.05) is 5.92 Å². The maximum absolute atomic E-state index is 13.3. The second kappa shape index (κ2) is 5.36. The number of halogens is 2. The summed E-state index contributed by atoms with van der Waals surface area (Å²) in [6.45, 7) is 0. The van der Waals surface area contributed by atoms with Crippen molar-refractivity contribution in [2.24, 2.45) is 0 Å². The molecule has 0 unspecified atom stereocenters. The van der Waals surface area contributed by atoms with Gasteiger partial charge in [0.05, 0.1) is 10.2 Å². The normalized spacial score (nSPS) is 16.7. The maximum Gasteiger partial charge on any atom is 0.159 e. The SMILES string of the molecule is Fc1ccc(-n2nnnc2C2CCCCC2)cc1Br. The smallest absolute Gasteiger partial charge is 0.159 e. The van der Waals surface area contributed by atoms with Gasteiger partial charge >= 0.3 is 0 Å². The van der Waals surface area contributed by atoms with E-state index in [0.717, 1.165) is 24.4 Å². The minimum absolute atomic E-state index is 0.281. The van der Waals surface area contributed by atoms with Gasteiger partial charge in [0.25, 0.3) is 0 Å². The number of hydrogen-bond acceptors (Lipinski definition) is 3. The number of tetrazole rings is 1. The lowest BCUT2D eigenvalue weighted by molar-refractivity contribution is 0.422. The van der Waals surface area contributed by atoms with Gasteiger partial charge in [-0.1, -0.05) is 19.3 Å². The summed E-state index contributed by atoms with van der Waals surface area (Å²) in [5.41, 5.74) is 0.791. The van der Waals surface area contributed by atoms with Crippen molar-refractivity contribution in [3.8, 4) is 5.69 Å². The Labute approximate surface area is 119 Å². The first-order valence-corrected chi connectivity index (χ1v) is 7.28. The molecule has 0 spiro atoms. The van der Waals surface area contributed by atoms with Gasteiger partial charge in [-0.2, -0.15) is 4.68 Å². The molecular weight excluding hydrogens is 311 g/mol. The zero-order valence-electron chi connectivity index (χ0n) is 10.4. The van der Waals surface area contributed by atoms with Crippen LogP contribution in [0.15, 0.2) is 22.7 Å². The molecule has 0 saturated heterocycles. The van der Waals surface area contributed by atoms with Gasteiger partial charge in [-0.05, 0) is 57.4 Å². The van der Waals surface area contributed by atoms with E-state index in [-0.39, 0.29) is 5.82 Å². The van der Waals surface area contributed by atoms with Gasteiger partial charge in [-0.15, -0.1) is 5.10 Å². The van der Waals surface area contributed by atoms with Gasteiger partial charge in [0.15, 0.2) is 5.82 Å². The van der Waals surface area contributed by atoms with Crippen LogP contribution in [0.5, 0.6) is 0 Å². The van der Waals surface area contributed by atoms with E-state index in [1.165, 1.54) is 25.3 Å². The van der Waals surface area contributed by atoms with Crippen LogP contribution in [0.25, 0.3) is 5.69 Å². The van der Waals surface area contributed by atoms with Crippen LogP contribution >= 0.6 is 15.9 Å². The molecule has 0 bridgehead atoms. The zero-order chi connectivity index (χ0) is 13.2. The van der Waals surface area contributed by atoms with Crippen molar-refractivity contribution in [1.29, 1.82) is 0 Å². The van der Waals surface area contributed by atoms with Gasteiger partial charge in [0.2, 0.25) is 0 Å². The Morgan fingerprint density at radius 2 is 2.00 bits per heavy atom. The molecule has 4 nitrogen and oxygen atoms in total. The summed E-state index contributed by atoms with van der Waals surface area (Å²) in [5.74, 6) is 1.02.